The summed E-state index contributed by atoms with van der Waals surface area (Å²) in [5, 5.41) is 0. The summed E-state index contributed by atoms with van der Waals surface area (Å²) < 4.78 is 5.52. The molecule has 1 rings (SSSR count). The maximum Gasteiger partial charge on any atom is 0.0681 e. The van der Waals surface area contributed by atoms with Gasteiger partial charge in [0.15, 0.2) is 0 Å². The van der Waals surface area contributed by atoms with Crippen LogP contribution in [0.4, 0.5) is 0 Å². The van der Waals surface area contributed by atoms with E-state index in [1.54, 1.807) is 0 Å². The molecule has 0 aromatic heterocycles. The molecule has 1 atom stereocenters. The van der Waals surface area contributed by atoms with Crippen LogP contribution in [-0.4, -0.2) is 18.2 Å². The highest BCUT2D eigenvalue weighted by atomic mass is 16.5. The minimum Gasteiger partial charge on any atom is -0.401 e. The Morgan fingerprint density at radius 1 is 1.64 bits per heavy atom. The lowest BCUT2D eigenvalue weighted by molar-refractivity contribution is -0.0137. The topological polar surface area (TPSA) is 61.3 Å². The molecule has 1 aliphatic heterocycles. The second kappa shape index (κ2) is 2.83. The van der Waals surface area contributed by atoms with Crippen LogP contribution in [-0.2, 0) is 4.74 Å². The Labute approximate surface area is 67.4 Å². The van der Waals surface area contributed by atoms with Gasteiger partial charge in [-0.25, -0.2) is 0 Å². The van der Waals surface area contributed by atoms with Crippen LogP contribution >= 0.6 is 0 Å². The molecule has 0 bridgehead atoms. The van der Waals surface area contributed by atoms with Gasteiger partial charge in [-0.2, -0.15) is 0 Å². The van der Waals surface area contributed by atoms with Gasteiger partial charge in [0.05, 0.1) is 18.2 Å². The minimum atomic E-state index is -0.128. The molecule has 0 unspecified atom stereocenters. The first-order chi connectivity index (χ1) is 5.01. The summed E-state index contributed by atoms with van der Waals surface area (Å²) in [6.45, 7) is 4.60. The zero-order valence-electron chi connectivity index (χ0n) is 7.13. The Morgan fingerprint density at radius 2 is 2.27 bits per heavy atom. The van der Waals surface area contributed by atoms with Gasteiger partial charge in [0, 0.05) is 5.70 Å². The van der Waals surface area contributed by atoms with Crippen LogP contribution in [0.2, 0.25) is 0 Å². The largest absolute Gasteiger partial charge is 0.401 e. The fourth-order valence-electron chi connectivity index (χ4n) is 0.986. The predicted octanol–water partition coefficient (Wildman–Crippen LogP) is 0.355. The van der Waals surface area contributed by atoms with Crippen molar-refractivity contribution in [2.75, 3.05) is 6.61 Å². The van der Waals surface area contributed by atoms with Gasteiger partial charge in [0.2, 0.25) is 0 Å². The lowest BCUT2D eigenvalue weighted by Gasteiger charge is -2.22. The molecule has 0 saturated carbocycles. The smallest absolute Gasteiger partial charge is 0.0681 e. The van der Waals surface area contributed by atoms with E-state index in [9.17, 15) is 0 Å². The van der Waals surface area contributed by atoms with Crippen molar-refractivity contribution in [2.45, 2.75) is 31.9 Å². The molecule has 0 aromatic rings. The van der Waals surface area contributed by atoms with Crippen LogP contribution in [0, 0.1) is 0 Å². The average Bonchev–Trinajstić information content (AvgIpc) is 2.03. The Kier molecular flexibility index (Phi) is 2.20. The number of hydrogen-bond donors (Lipinski definition) is 2. The minimum absolute atomic E-state index is 0.112. The van der Waals surface area contributed by atoms with E-state index in [4.69, 9.17) is 16.2 Å². The molecule has 0 aromatic carbocycles. The summed E-state index contributed by atoms with van der Waals surface area (Å²) >= 11 is 0. The zero-order valence-corrected chi connectivity index (χ0v) is 7.13. The van der Waals surface area contributed by atoms with E-state index in [-0.39, 0.29) is 11.6 Å². The van der Waals surface area contributed by atoms with E-state index in [2.05, 4.69) is 0 Å². The highest BCUT2D eigenvalue weighted by Gasteiger charge is 2.22. The van der Waals surface area contributed by atoms with Crippen molar-refractivity contribution in [1.29, 1.82) is 0 Å². The second-order valence-corrected chi connectivity index (χ2v) is 3.59. The lowest BCUT2D eigenvalue weighted by atomic mass is 10.1. The first kappa shape index (κ1) is 8.56. The molecular weight excluding hydrogens is 140 g/mol. The first-order valence-corrected chi connectivity index (χ1v) is 3.86. The predicted molar refractivity (Wildman–Crippen MR) is 44.9 cm³/mol. The van der Waals surface area contributed by atoms with Gasteiger partial charge in [-0.3, -0.25) is 0 Å². The van der Waals surface area contributed by atoms with Crippen molar-refractivity contribution >= 4 is 0 Å². The molecule has 3 heteroatoms. The monoisotopic (exact) mass is 156 g/mol. The van der Waals surface area contributed by atoms with Crippen molar-refractivity contribution in [2.24, 2.45) is 11.5 Å². The Bertz CT molecular complexity index is 175. The second-order valence-electron chi connectivity index (χ2n) is 3.59. The molecule has 0 radical (unpaired) electrons. The summed E-state index contributed by atoms with van der Waals surface area (Å²) in [5.41, 5.74) is 12.0. The Balaban J connectivity index is 2.67. The summed E-state index contributed by atoms with van der Waals surface area (Å²) in [5.74, 6) is 0. The number of nitrogens with two attached hydrogens (primary N) is 2. The molecule has 0 amide bonds. The van der Waals surface area contributed by atoms with Crippen LogP contribution in [0.5, 0.6) is 0 Å². The van der Waals surface area contributed by atoms with E-state index in [1.165, 1.54) is 0 Å². The van der Waals surface area contributed by atoms with Crippen LogP contribution in [0.25, 0.3) is 0 Å². The molecule has 0 fully saturated rings. The van der Waals surface area contributed by atoms with Gasteiger partial charge < -0.3 is 16.2 Å². The quantitative estimate of drug-likeness (QED) is 0.532. The lowest BCUT2D eigenvalue weighted by Crippen LogP contribution is -2.33. The van der Waals surface area contributed by atoms with Crippen molar-refractivity contribution in [3.8, 4) is 0 Å². The van der Waals surface area contributed by atoms with Crippen LogP contribution in [0.3, 0.4) is 0 Å². The summed E-state index contributed by atoms with van der Waals surface area (Å²) in [7, 11) is 0. The molecule has 4 N–H and O–H groups in total. The fraction of sp³-hybridized carbons (Fsp3) is 0.750. The van der Waals surface area contributed by atoms with E-state index in [0.717, 1.165) is 12.1 Å². The molecule has 64 valence electrons. The number of rotatable bonds is 0. The maximum atomic E-state index is 5.68. The van der Waals surface area contributed by atoms with E-state index >= 15 is 0 Å². The molecule has 3 nitrogen and oxygen atoms in total. The van der Waals surface area contributed by atoms with Crippen LogP contribution in [0.1, 0.15) is 20.3 Å². The van der Waals surface area contributed by atoms with E-state index < -0.39 is 0 Å². The van der Waals surface area contributed by atoms with Gasteiger partial charge in [0.1, 0.15) is 0 Å². The van der Waals surface area contributed by atoms with Gasteiger partial charge >= 0.3 is 0 Å². The van der Waals surface area contributed by atoms with Crippen molar-refractivity contribution in [3.05, 3.63) is 11.8 Å². The Hall–Kier alpha value is -0.540. The third kappa shape index (κ3) is 2.20. The molecule has 11 heavy (non-hydrogen) atoms. The fourth-order valence-corrected chi connectivity index (χ4v) is 0.986. The molecule has 1 heterocycles. The standard InChI is InChI=1S/C8H16N2O/c1-8(2)4-3-6(9)7(10)5-11-8/h3,7H,4-5,9-10H2,1-2H3/t7-/m0/s1. The first-order valence-electron chi connectivity index (χ1n) is 3.86. The highest BCUT2D eigenvalue weighted by molar-refractivity contribution is 5.09. The van der Waals surface area contributed by atoms with Crippen molar-refractivity contribution in [1.82, 2.24) is 0 Å². The van der Waals surface area contributed by atoms with E-state index in [1.807, 2.05) is 19.9 Å². The molecule has 1 aliphatic rings. The SMILES string of the molecule is CC1(C)CC=C(N)[C@@H](N)CO1. The highest BCUT2D eigenvalue weighted by Crippen LogP contribution is 2.19. The third-order valence-electron chi connectivity index (χ3n) is 1.91. The average molecular weight is 156 g/mol. The zero-order chi connectivity index (χ0) is 8.48. The molecule has 0 spiro atoms. The van der Waals surface area contributed by atoms with Crippen molar-refractivity contribution < 1.29 is 4.74 Å². The summed E-state index contributed by atoms with van der Waals surface area (Å²) in [6, 6.07) is -0.128. The van der Waals surface area contributed by atoms with Crippen molar-refractivity contribution in [3.63, 3.8) is 0 Å². The molecule has 0 aliphatic carbocycles. The van der Waals surface area contributed by atoms with Crippen LogP contribution in [0.15, 0.2) is 11.8 Å². The van der Waals surface area contributed by atoms with Crippen LogP contribution < -0.4 is 11.5 Å². The van der Waals surface area contributed by atoms with Gasteiger partial charge in [-0.15, -0.1) is 0 Å². The normalized spacial score (nSPS) is 30.8. The van der Waals surface area contributed by atoms with Gasteiger partial charge in [-0.05, 0) is 20.3 Å². The summed E-state index contributed by atoms with van der Waals surface area (Å²) in [4.78, 5) is 0. The Morgan fingerprint density at radius 3 is 2.91 bits per heavy atom. The van der Waals surface area contributed by atoms with Gasteiger partial charge in [-0.1, -0.05) is 6.08 Å². The molecular formula is C8H16N2O. The third-order valence-corrected chi connectivity index (χ3v) is 1.91. The molecule has 0 saturated heterocycles. The van der Waals surface area contributed by atoms with E-state index in [0.29, 0.717) is 6.61 Å². The van der Waals surface area contributed by atoms with Gasteiger partial charge in [0.25, 0.3) is 0 Å². The maximum absolute atomic E-state index is 5.68. The number of ether oxygens (including phenoxy) is 1. The number of hydrogen-bond acceptors (Lipinski definition) is 3. The summed E-state index contributed by atoms with van der Waals surface area (Å²) in [6.07, 6.45) is 2.80.